The third kappa shape index (κ3) is 2.37. The summed E-state index contributed by atoms with van der Waals surface area (Å²) in [6.07, 6.45) is 4.08. The molecule has 1 aliphatic rings. The van der Waals surface area contributed by atoms with Crippen molar-refractivity contribution >= 4 is 11.9 Å². The first-order chi connectivity index (χ1) is 7.00. The summed E-state index contributed by atoms with van der Waals surface area (Å²) in [7, 11) is 0. The average molecular weight is 210 g/mol. The number of nitrogens with one attached hydrogen (secondary N) is 2. The molecule has 0 saturated carbocycles. The molecular weight excluding hydrogens is 192 g/mol. The maximum absolute atomic E-state index is 11.7. The van der Waals surface area contributed by atoms with Gasteiger partial charge in [-0.15, -0.1) is 0 Å². The molecule has 1 atom stereocenters. The van der Waals surface area contributed by atoms with Gasteiger partial charge in [0, 0.05) is 6.54 Å². The summed E-state index contributed by atoms with van der Waals surface area (Å²) < 4.78 is 0. The van der Waals surface area contributed by atoms with Gasteiger partial charge in [0.05, 0.1) is 5.41 Å². The molecule has 0 aromatic rings. The second-order valence-electron chi connectivity index (χ2n) is 4.14. The number of carbonyl (C=O) groups is 2. The van der Waals surface area contributed by atoms with E-state index in [1.807, 2.05) is 13.8 Å². The Morgan fingerprint density at radius 3 is 2.73 bits per heavy atom. The van der Waals surface area contributed by atoms with E-state index in [4.69, 9.17) is 0 Å². The van der Waals surface area contributed by atoms with Crippen molar-refractivity contribution in [1.82, 2.24) is 10.6 Å². The fraction of sp³-hybridized carbons (Fsp3) is 0.636. The molecule has 1 heterocycles. The largest absolute Gasteiger partial charge is 0.336 e. The van der Waals surface area contributed by atoms with E-state index in [-0.39, 0.29) is 5.91 Å². The van der Waals surface area contributed by atoms with E-state index < -0.39 is 11.4 Å². The summed E-state index contributed by atoms with van der Waals surface area (Å²) in [4.78, 5) is 22.7. The lowest BCUT2D eigenvalue weighted by Gasteiger charge is -2.33. The Bertz CT molecular complexity index is 310. The maximum Gasteiger partial charge on any atom is 0.321 e. The van der Waals surface area contributed by atoms with Crippen molar-refractivity contribution in [2.75, 3.05) is 6.54 Å². The maximum atomic E-state index is 11.7. The predicted molar refractivity (Wildman–Crippen MR) is 58.3 cm³/mol. The Labute approximate surface area is 90.1 Å². The molecule has 0 radical (unpaired) electrons. The van der Waals surface area contributed by atoms with Gasteiger partial charge in [-0.05, 0) is 20.3 Å². The van der Waals surface area contributed by atoms with Crippen LogP contribution in [0.25, 0.3) is 0 Å². The summed E-state index contributed by atoms with van der Waals surface area (Å²) in [5.74, 6) is -0.212. The molecule has 15 heavy (non-hydrogen) atoms. The van der Waals surface area contributed by atoms with Gasteiger partial charge in [0.25, 0.3) is 0 Å². The smallest absolute Gasteiger partial charge is 0.321 e. The van der Waals surface area contributed by atoms with Crippen molar-refractivity contribution < 1.29 is 9.59 Å². The zero-order valence-electron chi connectivity index (χ0n) is 9.52. The lowest BCUT2D eigenvalue weighted by atomic mass is 9.80. The van der Waals surface area contributed by atoms with Crippen LogP contribution in [0.1, 0.15) is 33.6 Å². The summed E-state index contributed by atoms with van der Waals surface area (Å²) in [5.41, 5.74) is 0.421. The van der Waals surface area contributed by atoms with E-state index in [1.165, 1.54) is 0 Å². The monoisotopic (exact) mass is 210 g/mol. The molecule has 0 aliphatic carbocycles. The van der Waals surface area contributed by atoms with Gasteiger partial charge in [-0.3, -0.25) is 10.1 Å². The van der Waals surface area contributed by atoms with Gasteiger partial charge in [0.15, 0.2) is 0 Å². The van der Waals surface area contributed by atoms with Gasteiger partial charge in [0.2, 0.25) is 5.91 Å². The van der Waals surface area contributed by atoms with Gasteiger partial charge in [-0.2, -0.15) is 0 Å². The molecule has 0 aromatic carbocycles. The van der Waals surface area contributed by atoms with Crippen LogP contribution in [0.5, 0.6) is 0 Å². The molecule has 1 saturated heterocycles. The first-order valence-corrected chi connectivity index (χ1v) is 5.27. The zero-order chi connectivity index (χ0) is 11.5. The number of urea groups is 1. The summed E-state index contributed by atoms with van der Waals surface area (Å²) in [5, 5.41) is 4.95. The summed E-state index contributed by atoms with van der Waals surface area (Å²) in [6.45, 7) is 6.26. The molecule has 4 nitrogen and oxygen atoms in total. The Hall–Kier alpha value is -1.32. The highest BCUT2D eigenvalue weighted by molar-refractivity contribution is 6.01. The van der Waals surface area contributed by atoms with Crippen LogP contribution < -0.4 is 10.6 Å². The SMILES string of the molecule is CCCC=C(C)C1(C)CNC(=O)NC1=O. The third-order valence-electron chi connectivity index (χ3n) is 2.94. The number of hydrogen-bond acceptors (Lipinski definition) is 2. The Morgan fingerprint density at radius 1 is 1.53 bits per heavy atom. The van der Waals surface area contributed by atoms with Gasteiger partial charge < -0.3 is 5.32 Å². The molecule has 1 fully saturated rings. The molecular formula is C11H18N2O2. The van der Waals surface area contributed by atoms with Crippen molar-refractivity contribution in [3.63, 3.8) is 0 Å². The number of imide groups is 1. The Kier molecular flexibility index (Phi) is 3.50. The number of carbonyl (C=O) groups excluding carboxylic acids is 2. The van der Waals surface area contributed by atoms with E-state index in [1.54, 1.807) is 0 Å². The quantitative estimate of drug-likeness (QED) is 0.695. The van der Waals surface area contributed by atoms with E-state index in [9.17, 15) is 9.59 Å². The Morgan fingerprint density at radius 2 is 2.20 bits per heavy atom. The molecule has 84 valence electrons. The van der Waals surface area contributed by atoms with E-state index >= 15 is 0 Å². The van der Waals surface area contributed by atoms with Gasteiger partial charge in [0.1, 0.15) is 0 Å². The van der Waals surface area contributed by atoms with Crippen LogP contribution in [0.3, 0.4) is 0 Å². The zero-order valence-corrected chi connectivity index (χ0v) is 9.52. The van der Waals surface area contributed by atoms with Crippen molar-refractivity contribution in [1.29, 1.82) is 0 Å². The Balaban J connectivity index is 2.81. The first kappa shape index (κ1) is 11.8. The minimum Gasteiger partial charge on any atom is -0.336 e. The topological polar surface area (TPSA) is 58.2 Å². The fourth-order valence-corrected chi connectivity index (χ4v) is 1.53. The average Bonchev–Trinajstić information content (AvgIpc) is 2.20. The molecule has 1 aliphatic heterocycles. The second kappa shape index (κ2) is 4.47. The van der Waals surface area contributed by atoms with E-state index in [0.29, 0.717) is 6.54 Å². The predicted octanol–water partition coefficient (Wildman–Crippen LogP) is 1.58. The van der Waals surface area contributed by atoms with E-state index in [0.717, 1.165) is 18.4 Å². The standard InChI is InChI=1S/C11H18N2O2/c1-4-5-6-8(2)11(3)7-12-10(15)13-9(11)14/h6H,4-5,7H2,1-3H3,(H2,12,13,14,15). The minimum absolute atomic E-state index is 0.212. The first-order valence-electron chi connectivity index (χ1n) is 5.27. The third-order valence-corrected chi connectivity index (χ3v) is 2.94. The minimum atomic E-state index is -0.594. The highest BCUT2D eigenvalue weighted by Crippen LogP contribution is 2.28. The normalized spacial score (nSPS) is 27.3. The lowest BCUT2D eigenvalue weighted by Crippen LogP contribution is -2.58. The molecule has 2 N–H and O–H groups in total. The van der Waals surface area contributed by atoms with Crippen LogP contribution in [0.4, 0.5) is 4.79 Å². The lowest BCUT2D eigenvalue weighted by molar-refractivity contribution is -0.127. The molecule has 1 unspecified atom stereocenters. The summed E-state index contributed by atoms with van der Waals surface area (Å²) in [6, 6.07) is -0.402. The van der Waals surface area contributed by atoms with Gasteiger partial charge in [-0.1, -0.05) is 25.0 Å². The van der Waals surface area contributed by atoms with Gasteiger partial charge in [-0.25, -0.2) is 4.79 Å². The molecule has 0 aromatic heterocycles. The molecule has 0 bridgehead atoms. The number of allylic oxidation sites excluding steroid dienone is 1. The highest BCUT2D eigenvalue weighted by Gasteiger charge is 2.39. The molecule has 4 heteroatoms. The van der Waals surface area contributed by atoms with Crippen LogP contribution in [0, 0.1) is 5.41 Å². The van der Waals surface area contributed by atoms with Gasteiger partial charge >= 0.3 is 6.03 Å². The summed E-state index contributed by atoms with van der Waals surface area (Å²) >= 11 is 0. The molecule has 0 spiro atoms. The van der Waals surface area contributed by atoms with Crippen LogP contribution in [0.15, 0.2) is 11.6 Å². The van der Waals surface area contributed by atoms with Crippen molar-refractivity contribution in [2.24, 2.45) is 5.41 Å². The van der Waals surface area contributed by atoms with Crippen molar-refractivity contribution in [2.45, 2.75) is 33.6 Å². The van der Waals surface area contributed by atoms with Crippen LogP contribution in [0.2, 0.25) is 0 Å². The number of rotatable bonds is 3. The number of unbranched alkanes of at least 4 members (excludes halogenated alkanes) is 1. The van der Waals surface area contributed by atoms with Crippen molar-refractivity contribution in [3.8, 4) is 0 Å². The molecule has 1 rings (SSSR count). The number of hydrogen-bond donors (Lipinski definition) is 2. The fourth-order valence-electron chi connectivity index (χ4n) is 1.53. The van der Waals surface area contributed by atoms with Crippen LogP contribution in [-0.4, -0.2) is 18.5 Å². The highest BCUT2D eigenvalue weighted by atomic mass is 16.2. The number of amides is 3. The van der Waals surface area contributed by atoms with Crippen molar-refractivity contribution in [3.05, 3.63) is 11.6 Å². The van der Waals surface area contributed by atoms with Crippen LogP contribution >= 0.6 is 0 Å². The van der Waals surface area contributed by atoms with Crippen LogP contribution in [-0.2, 0) is 4.79 Å². The second-order valence-corrected chi connectivity index (χ2v) is 4.14. The molecule has 3 amide bonds. The van der Waals surface area contributed by atoms with E-state index in [2.05, 4.69) is 23.6 Å².